The Hall–Kier alpha value is -0.940. The van der Waals surface area contributed by atoms with Crippen molar-refractivity contribution < 1.29 is 9.47 Å². The van der Waals surface area contributed by atoms with Crippen LogP contribution in [0.25, 0.3) is 0 Å². The van der Waals surface area contributed by atoms with Crippen molar-refractivity contribution in [2.24, 2.45) is 4.99 Å². The summed E-state index contributed by atoms with van der Waals surface area (Å²) in [5.74, 6) is 1.65. The molecule has 0 bridgehead atoms. The highest BCUT2D eigenvalue weighted by Gasteiger charge is 2.02. The number of nitrogens with one attached hydrogen (secondary N) is 2. The fourth-order valence-electron chi connectivity index (χ4n) is 1.78. The van der Waals surface area contributed by atoms with Gasteiger partial charge in [0.25, 0.3) is 0 Å². The van der Waals surface area contributed by atoms with E-state index in [9.17, 15) is 0 Å². The molecule has 1 rings (SSSR count). The molecule has 0 amide bonds. The highest BCUT2D eigenvalue weighted by Crippen LogP contribution is 1.96. The Morgan fingerprint density at radius 3 is 2.78 bits per heavy atom. The minimum absolute atomic E-state index is 0. The molecule has 1 aromatic rings. The molecule has 1 aromatic heterocycles. The summed E-state index contributed by atoms with van der Waals surface area (Å²) >= 11 is 0. The van der Waals surface area contributed by atoms with Crippen LogP contribution in [-0.2, 0) is 22.6 Å². The molecule has 1 heterocycles. The third-order valence-corrected chi connectivity index (χ3v) is 2.95. The third-order valence-electron chi connectivity index (χ3n) is 2.95. The van der Waals surface area contributed by atoms with Gasteiger partial charge in [-0.25, -0.2) is 4.99 Å². The third kappa shape index (κ3) is 9.72. The van der Waals surface area contributed by atoms with Crippen LogP contribution in [-0.4, -0.2) is 60.7 Å². The van der Waals surface area contributed by atoms with E-state index in [0.29, 0.717) is 26.4 Å². The number of aromatic nitrogens is 3. The topological polar surface area (TPSA) is 85.6 Å². The van der Waals surface area contributed by atoms with E-state index in [4.69, 9.17) is 9.47 Å². The second-order valence-electron chi connectivity index (χ2n) is 4.61. The molecule has 0 unspecified atom stereocenters. The molecule has 8 nitrogen and oxygen atoms in total. The number of halogens is 1. The van der Waals surface area contributed by atoms with Gasteiger partial charge >= 0.3 is 0 Å². The highest BCUT2D eigenvalue weighted by atomic mass is 127. The fourth-order valence-corrected chi connectivity index (χ4v) is 1.78. The van der Waals surface area contributed by atoms with E-state index in [2.05, 4.69) is 32.7 Å². The van der Waals surface area contributed by atoms with Crippen LogP contribution < -0.4 is 10.6 Å². The summed E-state index contributed by atoms with van der Waals surface area (Å²) in [4.78, 5) is 4.52. The first-order valence-corrected chi connectivity index (χ1v) is 7.77. The number of rotatable bonds is 11. The van der Waals surface area contributed by atoms with Crippen molar-refractivity contribution in [3.63, 3.8) is 0 Å². The van der Waals surface area contributed by atoms with Gasteiger partial charge in [-0.1, -0.05) is 0 Å². The molecule has 0 aliphatic rings. The molecule has 0 fully saturated rings. The first kappa shape index (κ1) is 22.1. The van der Waals surface area contributed by atoms with Crippen LogP contribution in [0.2, 0.25) is 0 Å². The van der Waals surface area contributed by atoms with E-state index in [0.717, 1.165) is 37.8 Å². The van der Waals surface area contributed by atoms with Gasteiger partial charge in [0.05, 0.1) is 13.2 Å². The van der Waals surface area contributed by atoms with Gasteiger partial charge in [0.15, 0.2) is 11.8 Å². The number of ether oxygens (including phenoxy) is 2. The molecular weight excluding hydrogens is 411 g/mol. The zero-order valence-corrected chi connectivity index (χ0v) is 16.6. The van der Waals surface area contributed by atoms with Crippen LogP contribution in [0.3, 0.4) is 0 Å². The summed E-state index contributed by atoms with van der Waals surface area (Å²) in [5, 5.41) is 14.5. The summed E-state index contributed by atoms with van der Waals surface area (Å²) in [7, 11) is 1.67. The molecule has 23 heavy (non-hydrogen) atoms. The first-order chi connectivity index (χ1) is 10.8. The Morgan fingerprint density at radius 1 is 1.26 bits per heavy atom. The monoisotopic (exact) mass is 440 g/mol. The Balaban J connectivity index is 0.00000484. The largest absolute Gasteiger partial charge is 0.382 e. The van der Waals surface area contributed by atoms with E-state index < -0.39 is 0 Å². The van der Waals surface area contributed by atoms with Crippen molar-refractivity contribution in [2.75, 3.05) is 40.0 Å². The molecule has 0 spiro atoms. The molecule has 0 aromatic carbocycles. The van der Waals surface area contributed by atoms with Gasteiger partial charge in [-0.2, -0.15) is 0 Å². The van der Waals surface area contributed by atoms with Crippen LogP contribution in [0.5, 0.6) is 0 Å². The SMILES string of the molecule is CCNC(=NCc1nncn1CC)NCCCOCCOC.I. The number of aliphatic imine (C=N–C) groups is 1. The van der Waals surface area contributed by atoms with Crippen molar-refractivity contribution in [1.29, 1.82) is 0 Å². The van der Waals surface area contributed by atoms with Gasteiger partial charge in [-0.3, -0.25) is 0 Å². The molecule has 0 saturated heterocycles. The maximum Gasteiger partial charge on any atom is 0.191 e. The molecule has 134 valence electrons. The van der Waals surface area contributed by atoms with Crippen molar-refractivity contribution in [3.8, 4) is 0 Å². The van der Waals surface area contributed by atoms with Crippen LogP contribution in [0, 0.1) is 0 Å². The standard InChI is InChI=1S/C14H28N6O2.HI/c1-4-15-14(16-7-6-8-22-10-9-21-3)17-11-13-19-18-12-20(13)5-2;/h12H,4-11H2,1-3H3,(H2,15,16,17);1H. The maximum atomic E-state index is 5.42. The van der Waals surface area contributed by atoms with Crippen molar-refractivity contribution >= 4 is 29.9 Å². The van der Waals surface area contributed by atoms with Gasteiger partial charge in [-0.05, 0) is 20.3 Å². The van der Waals surface area contributed by atoms with Crippen molar-refractivity contribution in [2.45, 2.75) is 33.4 Å². The molecular formula is C14H29IN6O2. The second-order valence-corrected chi connectivity index (χ2v) is 4.61. The highest BCUT2D eigenvalue weighted by molar-refractivity contribution is 14.0. The van der Waals surface area contributed by atoms with Gasteiger partial charge in [0.1, 0.15) is 12.9 Å². The maximum absolute atomic E-state index is 5.42. The van der Waals surface area contributed by atoms with Crippen LogP contribution in [0.4, 0.5) is 0 Å². The molecule has 2 N–H and O–H groups in total. The Bertz CT molecular complexity index is 427. The Morgan fingerprint density at radius 2 is 2.09 bits per heavy atom. The summed E-state index contributed by atoms with van der Waals surface area (Å²) in [6, 6.07) is 0. The number of hydrogen-bond donors (Lipinski definition) is 2. The van der Waals surface area contributed by atoms with Crippen LogP contribution >= 0.6 is 24.0 Å². The second kappa shape index (κ2) is 14.6. The van der Waals surface area contributed by atoms with E-state index in [-0.39, 0.29) is 24.0 Å². The average Bonchev–Trinajstić information content (AvgIpc) is 2.99. The minimum Gasteiger partial charge on any atom is -0.382 e. The fraction of sp³-hybridized carbons (Fsp3) is 0.786. The van der Waals surface area contributed by atoms with Crippen LogP contribution in [0.1, 0.15) is 26.1 Å². The van der Waals surface area contributed by atoms with Gasteiger partial charge in [0, 0.05) is 33.4 Å². The normalized spacial score (nSPS) is 11.2. The molecule has 0 atom stereocenters. The number of hydrogen-bond acceptors (Lipinski definition) is 5. The molecule has 0 saturated carbocycles. The summed E-state index contributed by atoms with van der Waals surface area (Å²) < 4.78 is 12.3. The molecule has 0 aliphatic carbocycles. The number of methoxy groups -OCH3 is 1. The summed E-state index contributed by atoms with van der Waals surface area (Å²) in [5.41, 5.74) is 0. The smallest absolute Gasteiger partial charge is 0.191 e. The molecule has 0 aliphatic heterocycles. The zero-order chi connectivity index (χ0) is 16.0. The Labute approximate surface area is 155 Å². The van der Waals surface area contributed by atoms with Gasteiger partial charge in [-0.15, -0.1) is 34.2 Å². The lowest BCUT2D eigenvalue weighted by Gasteiger charge is -2.11. The van der Waals surface area contributed by atoms with Crippen molar-refractivity contribution in [1.82, 2.24) is 25.4 Å². The minimum atomic E-state index is 0. The summed E-state index contributed by atoms with van der Waals surface area (Å²) in [6.07, 6.45) is 2.64. The summed E-state index contributed by atoms with van der Waals surface area (Å²) in [6.45, 7) is 9.06. The molecule has 0 radical (unpaired) electrons. The molecule has 9 heteroatoms. The predicted molar refractivity (Wildman–Crippen MR) is 101 cm³/mol. The van der Waals surface area contributed by atoms with E-state index in [1.54, 1.807) is 13.4 Å². The quantitative estimate of drug-likeness (QED) is 0.231. The number of nitrogens with zero attached hydrogens (tertiary/aromatic N) is 4. The van der Waals surface area contributed by atoms with Crippen LogP contribution in [0.15, 0.2) is 11.3 Å². The lowest BCUT2D eigenvalue weighted by atomic mass is 10.4. The zero-order valence-electron chi connectivity index (χ0n) is 14.2. The van der Waals surface area contributed by atoms with E-state index in [1.807, 2.05) is 11.5 Å². The number of aryl methyl sites for hydroxylation is 1. The lowest BCUT2D eigenvalue weighted by molar-refractivity contribution is 0.0698. The van der Waals surface area contributed by atoms with Crippen molar-refractivity contribution in [3.05, 3.63) is 12.2 Å². The predicted octanol–water partition coefficient (Wildman–Crippen LogP) is 1.02. The van der Waals surface area contributed by atoms with E-state index in [1.165, 1.54) is 0 Å². The van der Waals surface area contributed by atoms with Gasteiger partial charge < -0.3 is 24.7 Å². The average molecular weight is 440 g/mol. The Kier molecular flexibility index (Phi) is 14.0. The van der Waals surface area contributed by atoms with Gasteiger partial charge in [0.2, 0.25) is 0 Å². The lowest BCUT2D eigenvalue weighted by Crippen LogP contribution is -2.38. The van der Waals surface area contributed by atoms with E-state index >= 15 is 0 Å². The number of guanidine groups is 1. The first-order valence-electron chi connectivity index (χ1n) is 7.77.